The van der Waals surface area contributed by atoms with Gasteiger partial charge < -0.3 is 10.2 Å². The molecule has 0 atom stereocenters. The van der Waals surface area contributed by atoms with Crippen LogP contribution < -0.4 is 10.9 Å². The summed E-state index contributed by atoms with van der Waals surface area (Å²) in [6, 6.07) is 15.0. The second-order valence-electron chi connectivity index (χ2n) is 16.7. The predicted octanol–water partition coefficient (Wildman–Crippen LogP) is 5.48. The largest absolute Gasteiger partial charge is 0.507 e. The zero-order valence-corrected chi connectivity index (χ0v) is 42.9. The Hall–Kier alpha value is -9.03. The second-order valence-corrected chi connectivity index (χ2v) is 23.7. The molecule has 28 nitrogen and oxygen atoms in total. The Morgan fingerprint density at radius 3 is 1.91 bits per heavy atom. The smallest absolute Gasteiger partial charge is 0.296 e. The number of nitrogens with one attached hydrogen (secondary N) is 2. The molecular formula is C46H30N8O20S5. The number of phenolic OH excluding ortho intramolecular Hbond substituents is 1. The summed E-state index contributed by atoms with van der Waals surface area (Å²) in [6.45, 7) is 0. The lowest BCUT2D eigenvalue weighted by atomic mass is 9.91. The first-order chi connectivity index (χ1) is 36.8. The number of aliphatic hydroxyl groups is 1. The minimum absolute atomic E-state index is 0.000470. The number of allylic oxidation sites excluding steroid dienone is 10. The monoisotopic (exact) mass is 1170 g/mol. The van der Waals surface area contributed by atoms with Crippen molar-refractivity contribution in [3.8, 4) is 5.75 Å². The van der Waals surface area contributed by atoms with Gasteiger partial charge in [0.1, 0.15) is 26.2 Å². The Labute approximate surface area is 444 Å². The van der Waals surface area contributed by atoms with Gasteiger partial charge in [-0.2, -0.15) is 52.3 Å². The fourth-order valence-electron chi connectivity index (χ4n) is 8.01. The van der Waals surface area contributed by atoms with Crippen molar-refractivity contribution in [2.24, 2.45) is 25.4 Å². The Balaban J connectivity index is 1.02. The molecule has 0 saturated heterocycles. The molecule has 0 radical (unpaired) electrons. The van der Waals surface area contributed by atoms with Crippen LogP contribution >= 0.6 is 0 Å². The first-order valence-electron chi connectivity index (χ1n) is 21.5. The molecular weight excluding hydrogens is 1140 g/mol. The number of carbonyl (C=O) groups is 1. The number of nitro benzene ring substituents is 1. The van der Waals surface area contributed by atoms with Gasteiger partial charge in [-0.25, -0.2) is 4.99 Å². The van der Waals surface area contributed by atoms with Crippen molar-refractivity contribution >= 4 is 125 Å². The molecule has 9 N–H and O–H groups in total. The third-order valence-electron chi connectivity index (χ3n) is 11.6. The van der Waals surface area contributed by atoms with E-state index in [9.17, 15) is 90.0 Å². The quantitative estimate of drug-likeness (QED) is 0.0424. The van der Waals surface area contributed by atoms with Gasteiger partial charge in [-0.1, -0.05) is 6.07 Å². The lowest BCUT2D eigenvalue weighted by Gasteiger charge is -2.20. The summed E-state index contributed by atoms with van der Waals surface area (Å²) >= 11 is 0. The molecule has 0 bridgehead atoms. The molecule has 4 aliphatic carbocycles. The van der Waals surface area contributed by atoms with E-state index in [0.717, 1.165) is 60.7 Å². The summed E-state index contributed by atoms with van der Waals surface area (Å²) in [4.78, 5) is 24.6. The Kier molecular flexibility index (Phi) is 13.7. The van der Waals surface area contributed by atoms with Gasteiger partial charge in [-0.3, -0.25) is 48.5 Å². The first-order valence-corrected chi connectivity index (χ1v) is 28.7. The molecule has 0 amide bonds. The molecule has 0 heterocycles. The van der Waals surface area contributed by atoms with E-state index in [1.807, 2.05) is 0 Å². The van der Waals surface area contributed by atoms with Crippen LogP contribution in [-0.2, 0) is 50.6 Å². The van der Waals surface area contributed by atoms with Gasteiger partial charge >= 0.3 is 0 Å². The number of nitrogens with zero attached hydrogens (tertiary/aromatic N) is 6. The average Bonchev–Trinajstić information content (AvgIpc) is 3.49. The number of aliphatic hydroxyl groups excluding tert-OH is 1. The maximum absolute atomic E-state index is 14.0. The van der Waals surface area contributed by atoms with E-state index in [-0.39, 0.29) is 72.7 Å². The van der Waals surface area contributed by atoms with Crippen molar-refractivity contribution in [1.29, 1.82) is 0 Å². The maximum atomic E-state index is 14.0. The molecule has 0 unspecified atom stereocenters. The van der Waals surface area contributed by atoms with Crippen molar-refractivity contribution in [3.05, 3.63) is 180 Å². The molecule has 5 aromatic carbocycles. The van der Waals surface area contributed by atoms with Crippen molar-refractivity contribution in [3.63, 3.8) is 0 Å². The van der Waals surface area contributed by atoms with Crippen LogP contribution in [-0.4, -0.2) is 114 Å². The maximum Gasteiger partial charge on any atom is 0.296 e. The molecule has 79 heavy (non-hydrogen) atoms. The van der Waals surface area contributed by atoms with E-state index in [4.69, 9.17) is 0 Å². The van der Waals surface area contributed by atoms with Gasteiger partial charge in [0, 0.05) is 45.8 Å². The number of ketones is 1. The van der Waals surface area contributed by atoms with Gasteiger partial charge in [0.2, 0.25) is 5.78 Å². The number of nitro groups is 1. The number of non-ortho nitro benzene ring substituents is 1. The predicted molar refractivity (Wildman–Crippen MR) is 283 cm³/mol. The van der Waals surface area contributed by atoms with Crippen LogP contribution in [0.5, 0.6) is 5.75 Å². The van der Waals surface area contributed by atoms with Gasteiger partial charge in [-0.15, -0.1) is 10.2 Å². The molecule has 0 spiro atoms. The summed E-state index contributed by atoms with van der Waals surface area (Å²) in [5.74, 6) is -2.33. The van der Waals surface area contributed by atoms with E-state index in [2.05, 4.69) is 36.2 Å². The van der Waals surface area contributed by atoms with Crippen molar-refractivity contribution < 1.29 is 84.8 Å². The molecule has 0 aliphatic heterocycles. The lowest BCUT2D eigenvalue weighted by molar-refractivity contribution is -0.385. The fraction of sp³-hybridized carbons (Fsp3) is 0. The number of anilines is 2. The van der Waals surface area contributed by atoms with Gasteiger partial charge in [0.05, 0.1) is 48.9 Å². The van der Waals surface area contributed by atoms with E-state index in [1.54, 1.807) is 0 Å². The minimum atomic E-state index is -5.30. The Morgan fingerprint density at radius 2 is 1.24 bits per heavy atom. The van der Waals surface area contributed by atoms with Crippen molar-refractivity contribution in [2.75, 3.05) is 10.9 Å². The molecule has 0 aromatic heterocycles. The second kappa shape index (κ2) is 19.8. The number of aliphatic imine (C=N–C) groups is 1. The molecule has 0 fully saturated rings. The van der Waals surface area contributed by atoms with E-state index >= 15 is 0 Å². The first kappa shape index (κ1) is 54.7. The molecule has 5 aromatic rings. The van der Waals surface area contributed by atoms with Crippen LogP contribution in [0.15, 0.2) is 188 Å². The zero-order chi connectivity index (χ0) is 57.3. The number of hydrazone groups is 2. The third-order valence-corrected chi connectivity index (χ3v) is 15.9. The van der Waals surface area contributed by atoms with Gasteiger partial charge in [0.15, 0.2) is 11.5 Å². The van der Waals surface area contributed by atoms with Crippen molar-refractivity contribution in [2.45, 2.75) is 14.7 Å². The highest BCUT2D eigenvalue weighted by molar-refractivity contribution is 7.91. The number of carbonyl (C=O) groups excluding carboxylic acids is 1. The fourth-order valence-corrected chi connectivity index (χ4v) is 11.0. The summed E-state index contributed by atoms with van der Waals surface area (Å²) in [5, 5.41) is 49.0. The topological polar surface area (TPSA) is 458 Å². The van der Waals surface area contributed by atoms with Crippen molar-refractivity contribution in [1.82, 2.24) is 0 Å². The van der Waals surface area contributed by atoms with Gasteiger partial charge in [0.25, 0.3) is 56.3 Å². The molecule has 33 heteroatoms. The molecule has 4 aliphatic rings. The highest BCUT2D eigenvalue weighted by Crippen LogP contribution is 2.36. The van der Waals surface area contributed by atoms with Gasteiger partial charge in [-0.05, 0) is 120 Å². The molecule has 9 rings (SSSR count). The Bertz CT molecular complexity index is 4630. The standard InChI is InChI=1S/C46H30N8O20S5/c55-39-21-30(76(63,64)65)16-22-15-27(3-6-31(22)39)48-52-43-41(78(69,70)71)17-23-13-25(1-7-32(23)45(43)56)47-26-2-8-33-24(14-26)18-42(79(72,73)74)44(46(33)57)53-50-37-12-11-36(34-9-5-29(20-35(34)37)75(60,61)62)49-51-38-10-4-28(54(58)59)19-40(38)77(66,67)68/h1-21,48,51,55-56H,(H,60,61,62)(H,63,64,65)(H,66,67,68)(H,69,70,71)(H,72,73,74). The summed E-state index contributed by atoms with van der Waals surface area (Å²) in [5.41, 5.74) is 1.46. The highest BCUT2D eigenvalue weighted by atomic mass is 32.2. The van der Waals surface area contributed by atoms with Crippen LogP contribution in [0.3, 0.4) is 0 Å². The van der Waals surface area contributed by atoms with E-state index < -0.39 is 120 Å². The van der Waals surface area contributed by atoms with Crippen LogP contribution in [0, 0.1) is 10.1 Å². The molecule has 404 valence electrons. The average molecular weight is 1180 g/mol. The van der Waals surface area contributed by atoms with Crippen LogP contribution in [0.2, 0.25) is 0 Å². The van der Waals surface area contributed by atoms with E-state index in [0.29, 0.717) is 6.07 Å². The number of hydrogen-bond acceptors (Lipinski definition) is 22. The summed E-state index contributed by atoms with van der Waals surface area (Å²) < 4.78 is 173. The number of Topliss-reactive ketones (excluding diaryl/α,β-unsaturated/α-hetero) is 1. The third kappa shape index (κ3) is 11.2. The zero-order valence-electron chi connectivity index (χ0n) is 38.8. The number of benzene rings is 5. The molecule has 0 saturated carbocycles. The van der Waals surface area contributed by atoms with Crippen LogP contribution in [0.1, 0.15) is 27.0 Å². The summed E-state index contributed by atoms with van der Waals surface area (Å²) in [7, 11) is -25.1. The SMILES string of the molecule is O=C1C(=NN=C2C=CC(=NNc3ccc([N+](=O)[O-])cc3S(=O)(=O)O)c3ccc(S(=O)(=O)O)cc32)C(S(=O)(=O)O)=Cc2cc(N=C3C=CC4=C(O)C(=NNc5ccc6c(O)cc(S(=O)(=O)O)cc6c5)C(S(=O)(=O)O)=CC4=C3)ccc21. The lowest BCUT2D eigenvalue weighted by Crippen LogP contribution is -2.26. The number of rotatable bonds is 12. The van der Waals surface area contributed by atoms with Crippen LogP contribution in [0.4, 0.5) is 22.7 Å². The van der Waals surface area contributed by atoms with E-state index in [1.165, 1.54) is 60.7 Å². The Morgan fingerprint density at radius 1 is 0.557 bits per heavy atom. The number of aromatic hydroxyl groups is 1. The van der Waals surface area contributed by atoms with Crippen LogP contribution in [0.25, 0.3) is 16.8 Å². The number of hydrogen-bond donors (Lipinski definition) is 9. The highest BCUT2D eigenvalue weighted by Gasteiger charge is 2.35. The normalized spacial score (nSPS) is 18.4. The number of phenols is 1. The minimum Gasteiger partial charge on any atom is -0.507 e. The summed E-state index contributed by atoms with van der Waals surface area (Å²) in [6.07, 6.45) is 8.14. The number of fused-ring (bicyclic) bond motifs is 4.